The maximum Gasteiger partial charge on any atom is 0.222 e. The van der Waals surface area contributed by atoms with Gasteiger partial charge in [-0.05, 0) is 44.7 Å². The number of halogens is 1. The Kier molecular flexibility index (Phi) is 5.40. The molecular formula is C11H21ClN2O. The van der Waals surface area contributed by atoms with Crippen molar-refractivity contribution >= 4 is 18.3 Å². The zero-order valence-electron chi connectivity index (χ0n) is 9.21. The van der Waals surface area contributed by atoms with Crippen molar-refractivity contribution in [2.45, 2.75) is 32.1 Å². The van der Waals surface area contributed by atoms with Crippen LogP contribution in [-0.4, -0.2) is 37.0 Å². The molecule has 0 aromatic rings. The summed E-state index contributed by atoms with van der Waals surface area (Å²) >= 11 is 0. The van der Waals surface area contributed by atoms with Crippen LogP contribution in [0.3, 0.4) is 0 Å². The number of piperidine rings is 2. The van der Waals surface area contributed by atoms with Crippen LogP contribution in [-0.2, 0) is 4.79 Å². The van der Waals surface area contributed by atoms with Crippen LogP contribution in [0, 0.1) is 5.92 Å². The van der Waals surface area contributed by atoms with Crippen molar-refractivity contribution in [3.63, 3.8) is 0 Å². The Morgan fingerprint density at radius 3 is 2.67 bits per heavy atom. The average Bonchev–Trinajstić information content (AvgIpc) is 2.23. The molecule has 2 rings (SSSR count). The van der Waals surface area contributed by atoms with Crippen LogP contribution in [0.4, 0.5) is 0 Å². The van der Waals surface area contributed by atoms with Crippen molar-refractivity contribution in [2.24, 2.45) is 5.92 Å². The lowest BCUT2D eigenvalue weighted by Crippen LogP contribution is -2.41. The molecule has 0 radical (unpaired) electrons. The number of rotatable bonds is 2. The molecule has 0 aliphatic carbocycles. The Morgan fingerprint density at radius 1 is 1.27 bits per heavy atom. The van der Waals surface area contributed by atoms with E-state index in [2.05, 4.69) is 10.2 Å². The van der Waals surface area contributed by atoms with E-state index in [1.807, 2.05) is 0 Å². The van der Waals surface area contributed by atoms with Crippen molar-refractivity contribution in [1.82, 2.24) is 10.2 Å². The molecule has 15 heavy (non-hydrogen) atoms. The summed E-state index contributed by atoms with van der Waals surface area (Å²) in [6.45, 7) is 4.28. The summed E-state index contributed by atoms with van der Waals surface area (Å²) in [6.07, 6.45) is 5.57. The minimum Gasteiger partial charge on any atom is -0.342 e. The summed E-state index contributed by atoms with van der Waals surface area (Å²) in [4.78, 5) is 13.7. The van der Waals surface area contributed by atoms with Crippen LogP contribution in [0.1, 0.15) is 32.1 Å². The Bertz CT molecular complexity index is 205. The molecule has 0 aromatic heterocycles. The molecule has 1 amide bonds. The molecule has 0 atom stereocenters. The number of nitrogens with one attached hydrogen (secondary N) is 1. The van der Waals surface area contributed by atoms with Crippen molar-refractivity contribution in [1.29, 1.82) is 0 Å². The quantitative estimate of drug-likeness (QED) is 0.781. The predicted molar refractivity (Wildman–Crippen MR) is 63.3 cm³/mol. The van der Waals surface area contributed by atoms with Gasteiger partial charge < -0.3 is 10.2 Å². The number of likely N-dealkylation sites (tertiary alicyclic amines) is 1. The minimum atomic E-state index is 0. The van der Waals surface area contributed by atoms with E-state index in [4.69, 9.17) is 0 Å². The standard InChI is InChI=1S/C11H20N2O.ClH/c14-11-3-1-2-8-13(11)9-10-4-6-12-7-5-10;/h10,12H,1-9H2;1H. The summed E-state index contributed by atoms with van der Waals surface area (Å²) in [5, 5.41) is 3.36. The molecule has 2 heterocycles. The minimum absolute atomic E-state index is 0. The second kappa shape index (κ2) is 6.33. The van der Waals surface area contributed by atoms with E-state index >= 15 is 0 Å². The van der Waals surface area contributed by atoms with Gasteiger partial charge >= 0.3 is 0 Å². The molecule has 0 bridgehead atoms. The monoisotopic (exact) mass is 232 g/mol. The van der Waals surface area contributed by atoms with Gasteiger partial charge in [0.2, 0.25) is 5.91 Å². The van der Waals surface area contributed by atoms with Crippen LogP contribution >= 0.6 is 12.4 Å². The first-order valence-electron chi connectivity index (χ1n) is 5.85. The normalized spacial score (nSPS) is 23.7. The van der Waals surface area contributed by atoms with Crippen LogP contribution in [0.15, 0.2) is 0 Å². The van der Waals surface area contributed by atoms with Crippen molar-refractivity contribution in [3.05, 3.63) is 0 Å². The number of hydrogen-bond acceptors (Lipinski definition) is 2. The SMILES string of the molecule is Cl.O=C1CCCCN1CC1CCNCC1. The maximum absolute atomic E-state index is 11.6. The highest BCUT2D eigenvalue weighted by Crippen LogP contribution is 2.17. The average molecular weight is 233 g/mol. The molecular weight excluding hydrogens is 212 g/mol. The summed E-state index contributed by atoms with van der Waals surface area (Å²) < 4.78 is 0. The lowest BCUT2D eigenvalue weighted by molar-refractivity contribution is -0.134. The van der Waals surface area contributed by atoms with Gasteiger partial charge in [0, 0.05) is 19.5 Å². The third kappa shape index (κ3) is 3.65. The topological polar surface area (TPSA) is 32.3 Å². The van der Waals surface area contributed by atoms with Crippen LogP contribution < -0.4 is 5.32 Å². The van der Waals surface area contributed by atoms with Gasteiger partial charge in [-0.3, -0.25) is 4.79 Å². The van der Waals surface area contributed by atoms with E-state index < -0.39 is 0 Å². The first-order valence-corrected chi connectivity index (χ1v) is 5.85. The zero-order valence-corrected chi connectivity index (χ0v) is 10.0. The molecule has 0 unspecified atom stereocenters. The van der Waals surface area contributed by atoms with E-state index in [1.54, 1.807) is 0 Å². The van der Waals surface area contributed by atoms with E-state index in [9.17, 15) is 4.79 Å². The lowest BCUT2D eigenvalue weighted by atomic mass is 9.96. The number of carbonyl (C=O) groups excluding carboxylic acids is 1. The number of amides is 1. The summed E-state index contributed by atoms with van der Waals surface area (Å²) in [6, 6.07) is 0. The second-order valence-corrected chi connectivity index (χ2v) is 4.49. The molecule has 0 spiro atoms. The first kappa shape index (κ1) is 12.8. The largest absolute Gasteiger partial charge is 0.342 e. The van der Waals surface area contributed by atoms with E-state index in [-0.39, 0.29) is 12.4 Å². The van der Waals surface area contributed by atoms with Gasteiger partial charge in [0.25, 0.3) is 0 Å². The molecule has 0 saturated carbocycles. The van der Waals surface area contributed by atoms with Crippen LogP contribution in [0.25, 0.3) is 0 Å². The fourth-order valence-electron chi connectivity index (χ4n) is 2.43. The zero-order chi connectivity index (χ0) is 9.80. The van der Waals surface area contributed by atoms with Crippen LogP contribution in [0.2, 0.25) is 0 Å². The third-order valence-electron chi connectivity index (χ3n) is 3.36. The van der Waals surface area contributed by atoms with Crippen molar-refractivity contribution in [3.8, 4) is 0 Å². The molecule has 4 heteroatoms. The van der Waals surface area contributed by atoms with E-state index in [1.165, 1.54) is 19.3 Å². The van der Waals surface area contributed by atoms with Crippen molar-refractivity contribution < 1.29 is 4.79 Å². The molecule has 2 fully saturated rings. The highest BCUT2D eigenvalue weighted by molar-refractivity contribution is 5.85. The van der Waals surface area contributed by atoms with Crippen LogP contribution in [0.5, 0.6) is 0 Å². The predicted octanol–water partition coefficient (Wildman–Crippen LogP) is 1.42. The van der Waals surface area contributed by atoms with Gasteiger partial charge in [0.15, 0.2) is 0 Å². The first-order chi connectivity index (χ1) is 6.86. The Labute approximate surface area is 98.0 Å². The molecule has 2 aliphatic rings. The molecule has 2 aliphatic heterocycles. The summed E-state index contributed by atoms with van der Waals surface area (Å²) in [7, 11) is 0. The fourth-order valence-corrected chi connectivity index (χ4v) is 2.43. The summed E-state index contributed by atoms with van der Waals surface area (Å²) in [5.41, 5.74) is 0. The number of carbonyl (C=O) groups is 1. The molecule has 88 valence electrons. The van der Waals surface area contributed by atoms with Gasteiger partial charge in [-0.1, -0.05) is 0 Å². The van der Waals surface area contributed by atoms with Gasteiger partial charge in [-0.2, -0.15) is 0 Å². The smallest absolute Gasteiger partial charge is 0.222 e. The van der Waals surface area contributed by atoms with E-state index in [0.29, 0.717) is 5.91 Å². The molecule has 1 N–H and O–H groups in total. The van der Waals surface area contributed by atoms with Crippen molar-refractivity contribution in [2.75, 3.05) is 26.2 Å². The molecule has 3 nitrogen and oxygen atoms in total. The Balaban J connectivity index is 0.00000112. The van der Waals surface area contributed by atoms with Gasteiger partial charge in [-0.25, -0.2) is 0 Å². The second-order valence-electron chi connectivity index (χ2n) is 4.49. The Morgan fingerprint density at radius 2 is 2.00 bits per heavy atom. The van der Waals surface area contributed by atoms with Gasteiger partial charge in [-0.15, -0.1) is 12.4 Å². The number of nitrogens with zero attached hydrogens (tertiary/aromatic N) is 1. The van der Waals surface area contributed by atoms with E-state index in [0.717, 1.165) is 44.9 Å². The highest BCUT2D eigenvalue weighted by Gasteiger charge is 2.22. The highest BCUT2D eigenvalue weighted by atomic mass is 35.5. The lowest BCUT2D eigenvalue weighted by Gasteiger charge is -2.32. The summed E-state index contributed by atoms with van der Waals surface area (Å²) in [5.74, 6) is 1.13. The number of hydrogen-bond donors (Lipinski definition) is 1. The fraction of sp³-hybridized carbons (Fsp3) is 0.909. The maximum atomic E-state index is 11.6. The molecule has 2 saturated heterocycles. The van der Waals surface area contributed by atoms with Gasteiger partial charge in [0.1, 0.15) is 0 Å². The Hall–Kier alpha value is -0.280. The molecule has 0 aromatic carbocycles. The third-order valence-corrected chi connectivity index (χ3v) is 3.36. The van der Waals surface area contributed by atoms with Gasteiger partial charge in [0.05, 0.1) is 0 Å².